The van der Waals surface area contributed by atoms with Crippen LogP contribution in [0.1, 0.15) is 33.3 Å². The Kier molecular flexibility index (Phi) is 4.52. The molecule has 1 aliphatic heterocycles. The van der Waals surface area contributed by atoms with Crippen LogP contribution >= 0.6 is 0 Å². The highest BCUT2D eigenvalue weighted by atomic mass is 19.1. The number of piperazine rings is 1. The maximum Gasteiger partial charge on any atom is 0.242 e. The molecule has 0 spiro atoms. The van der Waals surface area contributed by atoms with Gasteiger partial charge in [-0.15, -0.1) is 0 Å². The van der Waals surface area contributed by atoms with Gasteiger partial charge in [-0.1, -0.05) is 6.07 Å². The van der Waals surface area contributed by atoms with Crippen LogP contribution in [0.25, 0.3) is 0 Å². The van der Waals surface area contributed by atoms with E-state index in [1.807, 2.05) is 11.0 Å². The molecule has 5 heteroatoms. The smallest absolute Gasteiger partial charge is 0.242 e. The lowest BCUT2D eigenvalue weighted by Gasteiger charge is -2.35. The van der Waals surface area contributed by atoms with Crippen molar-refractivity contribution in [3.63, 3.8) is 0 Å². The van der Waals surface area contributed by atoms with Gasteiger partial charge in [0.25, 0.3) is 0 Å². The summed E-state index contributed by atoms with van der Waals surface area (Å²) in [5.74, 6) is -0.330. The van der Waals surface area contributed by atoms with E-state index in [0.717, 1.165) is 5.56 Å². The van der Waals surface area contributed by atoms with E-state index in [9.17, 15) is 9.18 Å². The summed E-state index contributed by atoms with van der Waals surface area (Å²) in [5.41, 5.74) is 1.39. The number of benzene rings is 1. The molecule has 0 aromatic heterocycles. The van der Waals surface area contributed by atoms with Crippen molar-refractivity contribution in [3.05, 3.63) is 29.6 Å². The predicted molar refractivity (Wildman–Crippen MR) is 82.8 cm³/mol. The number of carbonyl (C=O) groups is 1. The molecular formula is C16H24FN3O. The summed E-state index contributed by atoms with van der Waals surface area (Å²) < 4.78 is 14.4. The second-order valence-electron chi connectivity index (χ2n) is 6.55. The Balaban J connectivity index is 2.13. The molecule has 116 valence electrons. The van der Waals surface area contributed by atoms with Gasteiger partial charge in [0.15, 0.2) is 0 Å². The van der Waals surface area contributed by atoms with E-state index in [4.69, 9.17) is 0 Å². The van der Waals surface area contributed by atoms with Crippen LogP contribution in [0, 0.1) is 5.82 Å². The van der Waals surface area contributed by atoms with Gasteiger partial charge in [-0.25, -0.2) is 4.39 Å². The molecule has 0 radical (unpaired) electrons. The highest BCUT2D eigenvalue weighted by Crippen LogP contribution is 2.24. The SMILES string of the molecule is CC1C(=O)NCCN1c1ccc(CNC(C)(C)C)cc1F. The molecule has 1 aromatic carbocycles. The second-order valence-corrected chi connectivity index (χ2v) is 6.55. The quantitative estimate of drug-likeness (QED) is 0.896. The zero-order valence-corrected chi connectivity index (χ0v) is 13.2. The topological polar surface area (TPSA) is 44.4 Å². The Bertz CT molecular complexity index is 525. The average Bonchev–Trinajstić information content (AvgIpc) is 2.39. The monoisotopic (exact) mass is 293 g/mol. The first-order valence-corrected chi connectivity index (χ1v) is 7.36. The Morgan fingerprint density at radius 3 is 2.76 bits per heavy atom. The number of nitrogens with zero attached hydrogens (tertiary/aromatic N) is 1. The summed E-state index contributed by atoms with van der Waals surface area (Å²) in [7, 11) is 0. The van der Waals surface area contributed by atoms with E-state index >= 15 is 0 Å². The minimum absolute atomic E-state index is 0.00534. The average molecular weight is 293 g/mol. The van der Waals surface area contributed by atoms with Crippen molar-refractivity contribution < 1.29 is 9.18 Å². The highest BCUT2D eigenvalue weighted by Gasteiger charge is 2.27. The summed E-state index contributed by atoms with van der Waals surface area (Å²) in [6, 6.07) is 4.89. The summed E-state index contributed by atoms with van der Waals surface area (Å²) in [6.45, 7) is 9.82. The van der Waals surface area contributed by atoms with Crippen LogP contribution in [0.4, 0.5) is 10.1 Å². The van der Waals surface area contributed by atoms with Gasteiger partial charge in [0.05, 0.1) is 5.69 Å². The van der Waals surface area contributed by atoms with Crippen molar-refractivity contribution in [1.29, 1.82) is 0 Å². The van der Waals surface area contributed by atoms with E-state index < -0.39 is 0 Å². The lowest BCUT2D eigenvalue weighted by molar-refractivity contribution is -0.122. The minimum Gasteiger partial charge on any atom is -0.356 e. The van der Waals surface area contributed by atoms with Crippen molar-refractivity contribution in [2.75, 3.05) is 18.0 Å². The lowest BCUT2D eigenvalue weighted by Crippen LogP contribution is -2.54. The van der Waals surface area contributed by atoms with Crippen molar-refractivity contribution in [2.24, 2.45) is 0 Å². The number of carbonyl (C=O) groups excluding carboxylic acids is 1. The van der Waals surface area contributed by atoms with Crippen molar-refractivity contribution in [3.8, 4) is 0 Å². The Morgan fingerprint density at radius 2 is 2.14 bits per heavy atom. The largest absolute Gasteiger partial charge is 0.356 e. The van der Waals surface area contributed by atoms with Gasteiger partial charge >= 0.3 is 0 Å². The first kappa shape index (κ1) is 15.8. The van der Waals surface area contributed by atoms with Crippen LogP contribution in [0.15, 0.2) is 18.2 Å². The minimum atomic E-state index is -0.341. The van der Waals surface area contributed by atoms with Gasteiger partial charge in [-0.2, -0.15) is 0 Å². The normalized spacial score (nSPS) is 19.6. The van der Waals surface area contributed by atoms with Gasteiger partial charge in [0.1, 0.15) is 11.9 Å². The molecule has 1 aliphatic rings. The predicted octanol–water partition coefficient (Wildman–Crippen LogP) is 2.04. The molecule has 1 atom stereocenters. The first-order valence-electron chi connectivity index (χ1n) is 7.36. The number of halogens is 1. The van der Waals surface area contributed by atoms with Crippen molar-refractivity contribution in [1.82, 2.24) is 10.6 Å². The molecule has 1 amide bonds. The number of amides is 1. The van der Waals surface area contributed by atoms with Crippen molar-refractivity contribution >= 4 is 11.6 Å². The Hall–Kier alpha value is -1.62. The van der Waals surface area contributed by atoms with Crippen LogP contribution < -0.4 is 15.5 Å². The van der Waals surface area contributed by atoms with E-state index in [-0.39, 0.29) is 23.3 Å². The fourth-order valence-electron chi connectivity index (χ4n) is 2.37. The molecule has 1 saturated heterocycles. The second kappa shape index (κ2) is 6.02. The van der Waals surface area contributed by atoms with E-state index in [0.29, 0.717) is 25.3 Å². The first-order chi connectivity index (χ1) is 9.78. The molecular weight excluding hydrogens is 269 g/mol. The van der Waals surface area contributed by atoms with Crippen LogP contribution in [0.5, 0.6) is 0 Å². The number of anilines is 1. The number of rotatable bonds is 3. The third-order valence-corrected chi connectivity index (χ3v) is 3.64. The number of hydrogen-bond donors (Lipinski definition) is 2. The van der Waals surface area contributed by atoms with Gasteiger partial charge in [-0.3, -0.25) is 4.79 Å². The van der Waals surface area contributed by atoms with E-state index in [1.165, 1.54) is 0 Å². The molecule has 1 fully saturated rings. The molecule has 0 bridgehead atoms. The molecule has 1 aromatic rings. The zero-order valence-electron chi connectivity index (χ0n) is 13.2. The Labute approximate surface area is 125 Å². The maximum atomic E-state index is 14.4. The molecule has 1 heterocycles. The van der Waals surface area contributed by atoms with Gasteiger partial charge < -0.3 is 15.5 Å². The number of hydrogen-bond acceptors (Lipinski definition) is 3. The number of nitrogens with one attached hydrogen (secondary N) is 2. The molecule has 0 aliphatic carbocycles. The summed E-state index contributed by atoms with van der Waals surface area (Å²) in [4.78, 5) is 13.5. The van der Waals surface area contributed by atoms with Gasteiger partial charge in [-0.05, 0) is 45.4 Å². The third-order valence-electron chi connectivity index (χ3n) is 3.64. The third kappa shape index (κ3) is 3.94. The molecule has 21 heavy (non-hydrogen) atoms. The fourth-order valence-corrected chi connectivity index (χ4v) is 2.37. The van der Waals surface area contributed by atoms with E-state index in [2.05, 4.69) is 31.4 Å². The summed E-state index contributed by atoms with van der Waals surface area (Å²) in [5, 5.41) is 6.12. The van der Waals surface area contributed by atoms with Crippen LogP contribution in [-0.2, 0) is 11.3 Å². The fraction of sp³-hybridized carbons (Fsp3) is 0.562. The standard InChI is InChI=1S/C16H24FN3O/c1-11-15(21)18-7-8-20(11)14-6-5-12(9-13(14)17)10-19-16(2,3)4/h5-6,9,11,19H,7-8,10H2,1-4H3,(H,18,21). The maximum absolute atomic E-state index is 14.4. The van der Waals surface area contributed by atoms with Crippen LogP contribution in [0.2, 0.25) is 0 Å². The molecule has 4 nitrogen and oxygen atoms in total. The summed E-state index contributed by atoms with van der Waals surface area (Å²) in [6.07, 6.45) is 0. The van der Waals surface area contributed by atoms with Crippen LogP contribution in [0.3, 0.4) is 0 Å². The highest BCUT2D eigenvalue weighted by molar-refractivity contribution is 5.86. The lowest BCUT2D eigenvalue weighted by atomic mass is 10.1. The van der Waals surface area contributed by atoms with Crippen LogP contribution in [-0.4, -0.2) is 30.6 Å². The summed E-state index contributed by atoms with van der Waals surface area (Å²) >= 11 is 0. The van der Waals surface area contributed by atoms with Crippen molar-refractivity contribution in [2.45, 2.75) is 45.8 Å². The molecule has 2 rings (SSSR count). The molecule has 2 N–H and O–H groups in total. The molecule has 1 unspecified atom stereocenters. The van der Waals surface area contributed by atoms with Gasteiger partial charge in [0.2, 0.25) is 5.91 Å². The van der Waals surface area contributed by atoms with Gasteiger partial charge in [0, 0.05) is 25.2 Å². The zero-order chi connectivity index (χ0) is 15.6. The molecule has 0 saturated carbocycles. The Morgan fingerprint density at radius 1 is 1.43 bits per heavy atom. The van der Waals surface area contributed by atoms with E-state index in [1.54, 1.807) is 19.1 Å².